The van der Waals surface area contributed by atoms with E-state index in [0.29, 0.717) is 6.61 Å². The summed E-state index contributed by atoms with van der Waals surface area (Å²) in [7, 11) is 0. The van der Waals surface area contributed by atoms with E-state index in [1.807, 2.05) is 33.7 Å². The van der Waals surface area contributed by atoms with Crippen LogP contribution in [0.25, 0.3) is 11.0 Å². The lowest BCUT2D eigenvalue weighted by Gasteiger charge is -2.42. The number of fused-ring (bicyclic) bond motifs is 3. The molecule has 0 radical (unpaired) electrons. The van der Waals surface area contributed by atoms with Gasteiger partial charge in [0.25, 0.3) is 0 Å². The van der Waals surface area contributed by atoms with Gasteiger partial charge in [0, 0.05) is 26.1 Å². The van der Waals surface area contributed by atoms with E-state index in [4.69, 9.17) is 9.47 Å². The molecule has 5 unspecified atom stereocenters. The Kier molecular flexibility index (Phi) is 4.59. The number of aliphatic hydroxyl groups is 1. The number of carbonyl (C=O) groups excluding carboxylic acids is 1. The molecule has 4 heterocycles. The first-order valence-electron chi connectivity index (χ1n) is 10.00. The molecular weight excluding hydrogens is 360 g/mol. The molecule has 0 aliphatic carbocycles. The van der Waals surface area contributed by atoms with Crippen molar-refractivity contribution in [3.05, 3.63) is 30.6 Å². The number of amides is 1. The summed E-state index contributed by atoms with van der Waals surface area (Å²) in [6, 6.07) is 7.53. The fourth-order valence-electron chi connectivity index (χ4n) is 4.75. The third-order valence-electron chi connectivity index (χ3n) is 6.30. The van der Waals surface area contributed by atoms with E-state index in [2.05, 4.69) is 10.3 Å². The van der Waals surface area contributed by atoms with Crippen LogP contribution >= 0.6 is 0 Å². The van der Waals surface area contributed by atoms with Crippen LogP contribution in [0.2, 0.25) is 0 Å². The van der Waals surface area contributed by atoms with Crippen molar-refractivity contribution in [2.75, 3.05) is 19.7 Å². The summed E-state index contributed by atoms with van der Waals surface area (Å²) < 4.78 is 14.0. The van der Waals surface area contributed by atoms with E-state index < -0.39 is 12.4 Å². The van der Waals surface area contributed by atoms with Gasteiger partial charge in [0.15, 0.2) is 6.29 Å². The third-order valence-corrected chi connectivity index (χ3v) is 6.30. The van der Waals surface area contributed by atoms with Crippen LogP contribution < -0.4 is 5.32 Å². The zero-order valence-corrected chi connectivity index (χ0v) is 15.9. The van der Waals surface area contributed by atoms with Crippen molar-refractivity contribution < 1.29 is 19.4 Å². The van der Waals surface area contributed by atoms with Gasteiger partial charge in [-0.1, -0.05) is 12.1 Å². The number of likely N-dealkylation sites (tertiary alicyclic amines) is 1. The van der Waals surface area contributed by atoms with E-state index in [1.165, 1.54) is 0 Å². The molecule has 1 aromatic heterocycles. The van der Waals surface area contributed by atoms with Crippen molar-refractivity contribution in [2.45, 2.75) is 56.4 Å². The number of aromatic nitrogens is 2. The highest BCUT2D eigenvalue weighted by Gasteiger charge is 2.51. The average molecular weight is 386 g/mol. The molecule has 3 aliphatic heterocycles. The van der Waals surface area contributed by atoms with Crippen LogP contribution in [0.3, 0.4) is 0 Å². The number of ether oxygens (including phenoxy) is 2. The SMILES string of the molecule is CC(=O)N1CCC(NC2C3COC(O3)C(n3cnc4ccccc43)C2O)CC1. The van der Waals surface area contributed by atoms with E-state index in [-0.39, 0.29) is 30.1 Å². The second-order valence-corrected chi connectivity index (χ2v) is 7.97. The van der Waals surface area contributed by atoms with Gasteiger partial charge in [-0.05, 0) is 25.0 Å². The van der Waals surface area contributed by atoms with Crippen molar-refractivity contribution >= 4 is 16.9 Å². The van der Waals surface area contributed by atoms with Crippen LogP contribution in [-0.2, 0) is 14.3 Å². The number of imidazole rings is 1. The second kappa shape index (κ2) is 7.11. The Labute approximate surface area is 163 Å². The van der Waals surface area contributed by atoms with Gasteiger partial charge in [-0.15, -0.1) is 0 Å². The molecule has 3 fully saturated rings. The molecule has 1 amide bonds. The van der Waals surface area contributed by atoms with Crippen molar-refractivity contribution in [1.29, 1.82) is 0 Å². The molecule has 3 aliphatic rings. The third kappa shape index (κ3) is 3.00. The van der Waals surface area contributed by atoms with Gasteiger partial charge in [0.05, 0.1) is 36.1 Å². The maximum absolute atomic E-state index is 11.6. The first-order chi connectivity index (χ1) is 13.6. The number of benzene rings is 1. The molecular formula is C20H26N4O4. The molecule has 5 atom stereocenters. The molecule has 0 spiro atoms. The number of para-hydroxylation sites is 2. The predicted molar refractivity (Wildman–Crippen MR) is 102 cm³/mol. The zero-order valence-electron chi connectivity index (χ0n) is 15.9. The summed E-state index contributed by atoms with van der Waals surface area (Å²) in [5.41, 5.74) is 1.84. The van der Waals surface area contributed by atoms with Gasteiger partial charge in [-0.2, -0.15) is 0 Å². The summed E-state index contributed by atoms with van der Waals surface area (Å²) in [6.07, 6.45) is 2.20. The molecule has 1 aromatic carbocycles. The summed E-state index contributed by atoms with van der Waals surface area (Å²) >= 11 is 0. The fraction of sp³-hybridized carbons (Fsp3) is 0.600. The quantitative estimate of drug-likeness (QED) is 0.806. The lowest BCUT2D eigenvalue weighted by atomic mass is 9.93. The molecule has 2 aromatic rings. The highest BCUT2D eigenvalue weighted by molar-refractivity contribution is 5.75. The van der Waals surface area contributed by atoms with Gasteiger partial charge in [-0.25, -0.2) is 4.98 Å². The average Bonchev–Trinajstić information content (AvgIpc) is 3.32. The number of hydrogen-bond donors (Lipinski definition) is 2. The smallest absolute Gasteiger partial charge is 0.219 e. The number of hydrogen-bond acceptors (Lipinski definition) is 6. The summed E-state index contributed by atoms with van der Waals surface area (Å²) in [5, 5.41) is 14.9. The Bertz CT molecular complexity index is 863. The van der Waals surface area contributed by atoms with Crippen molar-refractivity contribution in [2.24, 2.45) is 0 Å². The Morgan fingerprint density at radius 1 is 1.29 bits per heavy atom. The maximum atomic E-state index is 11.6. The predicted octanol–water partition coefficient (Wildman–Crippen LogP) is 0.663. The van der Waals surface area contributed by atoms with Crippen LogP contribution in [0, 0.1) is 0 Å². The lowest BCUT2D eigenvalue weighted by Crippen LogP contribution is -2.60. The molecule has 150 valence electrons. The number of aliphatic hydroxyl groups excluding tert-OH is 1. The van der Waals surface area contributed by atoms with Crippen LogP contribution in [0.4, 0.5) is 0 Å². The Balaban J connectivity index is 1.36. The van der Waals surface area contributed by atoms with E-state index in [1.54, 1.807) is 13.3 Å². The molecule has 3 saturated heterocycles. The molecule has 8 nitrogen and oxygen atoms in total. The van der Waals surface area contributed by atoms with Gasteiger partial charge < -0.3 is 29.4 Å². The highest BCUT2D eigenvalue weighted by atomic mass is 16.7. The van der Waals surface area contributed by atoms with Gasteiger partial charge in [-0.3, -0.25) is 4.79 Å². The first-order valence-corrected chi connectivity index (χ1v) is 10.00. The Morgan fingerprint density at radius 2 is 2.07 bits per heavy atom. The lowest BCUT2D eigenvalue weighted by molar-refractivity contribution is -0.166. The van der Waals surface area contributed by atoms with Crippen LogP contribution in [-0.4, -0.2) is 75.7 Å². The zero-order chi connectivity index (χ0) is 19.3. The number of nitrogens with zero attached hydrogens (tertiary/aromatic N) is 3. The Morgan fingerprint density at radius 3 is 2.86 bits per heavy atom. The minimum atomic E-state index is -0.658. The normalized spacial score (nSPS) is 33.5. The summed E-state index contributed by atoms with van der Waals surface area (Å²) in [5.74, 6) is 0.124. The maximum Gasteiger partial charge on any atom is 0.219 e. The van der Waals surface area contributed by atoms with Gasteiger partial charge >= 0.3 is 0 Å². The largest absolute Gasteiger partial charge is 0.389 e. The van der Waals surface area contributed by atoms with Crippen molar-refractivity contribution in [3.8, 4) is 0 Å². The van der Waals surface area contributed by atoms with Gasteiger partial charge in [0.1, 0.15) is 12.1 Å². The molecule has 2 bridgehead atoms. The molecule has 2 N–H and O–H groups in total. The molecule has 28 heavy (non-hydrogen) atoms. The standard InChI is InChI=1S/C20H26N4O4/c1-12(25)23-8-6-13(7-9-23)22-17-16-10-27-20(28-16)18(19(17)26)24-11-21-14-4-2-3-5-15(14)24/h2-5,11,13,16-20,22,26H,6-10H2,1H3. The number of piperidine rings is 1. The minimum absolute atomic E-state index is 0.124. The van der Waals surface area contributed by atoms with Crippen LogP contribution in [0.5, 0.6) is 0 Å². The first kappa shape index (κ1) is 18.1. The van der Waals surface area contributed by atoms with E-state index in [0.717, 1.165) is 37.0 Å². The monoisotopic (exact) mass is 386 g/mol. The molecule has 0 saturated carbocycles. The number of rotatable bonds is 3. The Hall–Kier alpha value is -2.00. The summed E-state index contributed by atoms with van der Waals surface area (Å²) in [4.78, 5) is 17.9. The minimum Gasteiger partial charge on any atom is -0.389 e. The van der Waals surface area contributed by atoms with Gasteiger partial charge in [0.2, 0.25) is 5.91 Å². The van der Waals surface area contributed by atoms with Crippen molar-refractivity contribution in [3.63, 3.8) is 0 Å². The second-order valence-electron chi connectivity index (χ2n) is 7.97. The molecule has 8 heteroatoms. The van der Waals surface area contributed by atoms with Crippen molar-refractivity contribution in [1.82, 2.24) is 19.8 Å². The summed E-state index contributed by atoms with van der Waals surface area (Å²) in [6.45, 7) is 3.57. The molecule has 5 rings (SSSR count). The number of nitrogens with one attached hydrogen (secondary N) is 1. The van der Waals surface area contributed by atoms with E-state index in [9.17, 15) is 9.90 Å². The van der Waals surface area contributed by atoms with E-state index >= 15 is 0 Å². The van der Waals surface area contributed by atoms with Crippen LogP contribution in [0.1, 0.15) is 25.8 Å². The highest BCUT2D eigenvalue weighted by Crippen LogP contribution is 2.37. The fourth-order valence-corrected chi connectivity index (χ4v) is 4.75. The topological polar surface area (TPSA) is 88.9 Å². The number of carbonyl (C=O) groups is 1. The van der Waals surface area contributed by atoms with Crippen LogP contribution in [0.15, 0.2) is 30.6 Å².